The molecule has 0 spiro atoms. The largest absolute Gasteiger partial charge is 0.507 e. The number of rotatable bonds is 10. The number of hydrogen-bond donors (Lipinski definition) is 3. The van der Waals surface area contributed by atoms with Gasteiger partial charge in [0.2, 0.25) is 0 Å². The van der Waals surface area contributed by atoms with Crippen LogP contribution in [0.1, 0.15) is 36.3 Å². The fourth-order valence-electron chi connectivity index (χ4n) is 2.53. The Labute approximate surface area is 163 Å². The second kappa shape index (κ2) is 10.5. The molecule has 7 heteroatoms. The summed E-state index contributed by atoms with van der Waals surface area (Å²) in [5, 5.41) is 23.3. The van der Waals surface area contributed by atoms with E-state index in [9.17, 15) is 14.4 Å². The molecule has 0 fully saturated rings. The molecule has 148 valence electrons. The summed E-state index contributed by atoms with van der Waals surface area (Å²) in [5.41, 5.74) is 2.66. The molecule has 2 aromatic rings. The molecule has 3 N–H and O–H groups in total. The number of ether oxygens (including phenoxy) is 1. The van der Waals surface area contributed by atoms with Crippen LogP contribution in [0.5, 0.6) is 5.75 Å². The highest BCUT2D eigenvalue weighted by atomic mass is 32.2. The Morgan fingerprint density at radius 1 is 1.30 bits per heavy atom. The maximum atomic E-state index is 11.6. The van der Waals surface area contributed by atoms with E-state index in [-0.39, 0.29) is 11.8 Å². The predicted octanol–water partition coefficient (Wildman–Crippen LogP) is 2.45. The van der Waals surface area contributed by atoms with E-state index in [1.807, 2.05) is 32.2 Å². The summed E-state index contributed by atoms with van der Waals surface area (Å²) in [7, 11) is -1.31. The lowest BCUT2D eigenvalue weighted by Crippen LogP contribution is -2.31. The highest BCUT2D eigenvalue weighted by Gasteiger charge is 2.13. The van der Waals surface area contributed by atoms with Crippen LogP contribution in [0.3, 0.4) is 0 Å². The van der Waals surface area contributed by atoms with Crippen molar-refractivity contribution in [2.75, 3.05) is 19.4 Å². The summed E-state index contributed by atoms with van der Waals surface area (Å²) >= 11 is 0. The van der Waals surface area contributed by atoms with Gasteiger partial charge in [-0.1, -0.05) is 12.1 Å². The Morgan fingerprint density at radius 2 is 2.07 bits per heavy atom. The van der Waals surface area contributed by atoms with Crippen LogP contribution in [0, 0.1) is 6.92 Å². The van der Waals surface area contributed by atoms with E-state index in [1.165, 1.54) is 12.3 Å². The van der Waals surface area contributed by atoms with E-state index in [1.54, 1.807) is 12.1 Å². The molecule has 0 amide bonds. The zero-order chi connectivity index (χ0) is 19.8. The number of phenols is 1. The Hall–Kier alpha value is -1.80. The molecule has 6 nitrogen and oxygen atoms in total. The van der Waals surface area contributed by atoms with Crippen LogP contribution in [0.4, 0.5) is 0 Å². The molecule has 1 aromatic heterocycles. The smallest absolute Gasteiger partial charge is 0.131 e. The van der Waals surface area contributed by atoms with Gasteiger partial charge in [0.05, 0.1) is 28.4 Å². The molecule has 0 aliphatic heterocycles. The van der Waals surface area contributed by atoms with Gasteiger partial charge in [0.1, 0.15) is 5.75 Å². The summed E-state index contributed by atoms with van der Waals surface area (Å²) in [6, 6.07) is 8.84. The summed E-state index contributed by atoms with van der Waals surface area (Å²) < 4.78 is 17.3. The van der Waals surface area contributed by atoms with Gasteiger partial charge in [-0.05, 0) is 49.6 Å². The van der Waals surface area contributed by atoms with Gasteiger partial charge in [-0.15, -0.1) is 0 Å². The van der Waals surface area contributed by atoms with Crippen LogP contribution in [0.2, 0.25) is 0 Å². The normalized spacial score (nSPS) is 14.7. The third-order valence-electron chi connectivity index (χ3n) is 4.27. The molecule has 27 heavy (non-hydrogen) atoms. The minimum absolute atomic E-state index is 0.0194. The Kier molecular flexibility index (Phi) is 8.37. The zero-order valence-electron chi connectivity index (χ0n) is 16.0. The lowest BCUT2D eigenvalue weighted by Gasteiger charge is -2.18. The monoisotopic (exact) mass is 392 g/mol. The van der Waals surface area contributed by atoms with Gasteiger partial charge < -0.3 is 20.3 Å². The molecule has 0 saturated heterocycles. The molecule has 3 atom stereocenters. The lowest BCUT2D eigenvalue weighted by molar-refractivity contribution is 0.109. The summed E-state index contributed by atoms with van der Waals surface area (Å²) in [5.74, 6) is -0.0194. The fourth-order valence-corrected chi connectivity index (χ4v) is 3.20. The number of aromatic hydroxyl groups is 1. The van der Waals surface area contributed by atoms with Gasteiger partial charge in [-0.3, -0.25) is 9.19 Å². The van der Waals surface area contributed by atoms with Crippen molar-refractivity contribution >= 4 is 10.8 Å². The molecule has 0 saturated carbocycles. The van der Waals surface area contributed by atoms with Crippen LogP contribution in [-0.2, 0) is 22.1 Å². The number of benzene rings is 1. The molecule has 3 unspecified atom stereocenters. The maximum absolute atomic E-state index is 11.6. The lowest BCUT2D eigenvalue weighted by atomic mass is 10.1. The molecule has 0 bridgehead atoms. The van der Waals surface area contributed by atoms with Gasteiger partial charge in [0.25, 0.3) is 0 Å². The van der Waals surface area contributed by atoms with Gasteiger partial charge in [-0.2, -0.15) is 0 Å². The SMILES string of the molecule is Cc1ccc(COCCC(C)NCC(O)c2ccc(O)c(S(C)=O)c2)cn1. The zero-order valence-corrected chi connectivity index (χ0v) is 16.8. The Morgan fingerprint density at radius 3 is 2.74 bits per heavy atom. The number of aromatic nitrogens is 1. The standard InChI is InChI=1S/C20H28N2O4S/c1-14-4-5-16(11-21-14)13-26-9-8-15(2)22-12-19(24)17-6-7-18(23)20(10-17)27(3)25/h4-7,10-11,15,19,22-24H,8-9,12-13H2,1-3H3. The minimum atomic E-state index is -1.31. The number of hydrogen-bond acceptors (Lipinski definition) is 6. The molecule has 0 aliphatic carbocycles. The second-order valence-electron chi connectivity index (χ2n) is 6.66. The van der Waals surface area contributed by atoms with Crippen LogP contribution in [0.25, 0.3) is 0 Å². The molecule has 2 rings (SSSR count). The number of phenolic OH excluding ortho intramolecular Hbond substituents is 1. The summed E-state index contributed by atoms with van der Waals surface area (Å²) in [4.78, 5) is 4.57. The topological polar surface area (TPSA) is 91.7 Å². The third kappa shape index (κ3) is 7.03. The number of aliphatic hydroxyl groups is 1. The molecule has 0 radical (unpaired) electrons. The van der Waals surface area contributed by atoms with E-state index in [2.05, 4.69) is 10.3 Å². The fraction of sp³-hybridized carbons (Fsp3) is 0.450. The molecule has 0 aliphatic rings. The number of nitrogens with zero attached hydrogens (tertiary/aromatic N) is 1. The first-order valence-electron chi connectivity index (χ1n) is 8.94. The van der Waals surface area contributed by atoms with Crippen molar-refractivity contribution in [2.45, 2.75) is 43.9 Å². The summed E-state index contributed by atoms with van der Waals surface area (Å²) in [6.45, 7) is 5.49. The van der Waals surface area contributed by atoms with Crippen molar-refractivity contribution < 1.29 is 19.2 Å². The third-order valence-corrected chi connectivity index (χ3v) is 5.22. The average molecular weight is 393 g/mol. The van der Waals surface area contributed by atoms with Crippen LogP contribution >= 0.6 is 0 Å². The predicted molar refractivity (Wildman–Crippen MR) is 106 cm³/mol. The van der Waals surface area contributed by atoms with E-state index in [4.69, 9.17) is 4.74 Å². The minimum Gasteiger partial charge on any atom is -0.507 e. The van der Waals surface area contributed by atoms with Crippen molar-refractivity contribution in [2.24, 2.45) is 0 Å². The molecular weight excluding hydrogens is 364 g/mol. The van der Waals surface area contributed by atoms with Crippen LogP contribution in [-0.4, -0.2) is 44.9 Å². The first kappa shape index (κ1) is 21.5. The second-order valence-corrected chi connectivity index (χ2v) is 8.00. The average Bonchev–Trinajstić information content (AvgIpc) is 2.64. The van der Waals surface area contributed by atoms with Crippen molar-refractivity contribution in [3.05, 3.63) is 53.3 Å². The number of nitrogens with one attached hydrogen (secondary N) is 1. The highest BCUT2D eigenvalue weighted by molar-refractivity contribution is 7.84. The van der Waals surface area contributed by atoms with Crippen LogP contribution in [0.15, 0.2) is 41.4 Å². The van der Waals surface area contributed by atoms with Gasteiger partial charge in [-0.25, -0.2) is 0 Å². The van der Waals surface area contributed by atoms with E-state index < -0.39 is 16.9 Å². The highest BCUT2D eigenvalue weighted by Crippen LogP contribution is 2.24. The first-order chi connectivity index (χ1) is 12.9. The van der Waals surface area contributed by atoms with Gasteiger partial charge in [0.15, 0.2) is 0 Å². The first-order valence-corrected chi connectivity index (χ1v) is 10.5. The molecular formula is C20H28N2O4S. The quantitative estimate of drug-likeness (QED) is 0.538. The number of aliphatic hydroxyl groups excluding tert-OH is 1. The van der Waals surface area contributed by atoms with E-state index >= 15 is 0 Å². The van der Waals surface area contributed by atoms with E-state index in [0.717, 1.165) is 17.7 Å². The molecule has 1 heterocycles. The van der Waals surface area contributed by atoms with Crippen molar-refractivity contribution in [3.63, 3.8) is 0 Å². The van der Waals surface area contributed by atoms with Crippen molar-refractivity contribution in [3.8, 4) is 5.75 Å². The maximum Gasteiger partial charge on any atom is 0.131 e. The van der Waals surface area contributed by atoms with Gasteiger partial charge >= 0.3 is 0 Å². The van der Waals surface area contributed by atoms with Crippen LogP contribution < -0.4 is 5.32 Å². The van der Waals surface area contributed by atoms with Crippen molar-refractivity contribution in [1.82, 2.24) is 10.3 Å². The number of pyridine rings is 1. The Balaban J connectivity index is 1.71. The van der Waals surface area contributed by atoms with E-state index in [0.29, 0.717) is 30.2 Å². The summed E-state index contributed by atoms with van der Waals surface area (Å²) in [6.07, 6.45) is 3.39. The number of aryl methyl sites for hydroxylation is 1. The Bertz CT molecular complexity index is 752. The van der Waals surface area contributed by atoms with Crippen molar-refractivity contribution in [1.29, 1.82) is 0 Å². The molecule has 1 aromatic carbocycles. The van der Waals surface area contributed by atoms with Gasteiger partial charge in [0, 0.05) is 37.3 Å².